The van der Waals surface area contributed by atoms with E-state index in [0.29, 0.717) is 29.6 Å². The number of benzene rings is 2. The van der Waals surface area contributed by atoms with Crippen LogP contribution in [0.2, 0.25) is 0 Å². The molecule has 3 heterocycles. The van der Waals surface area contributed by atoms with Crippen molar-refractivity contribution in [3.05, 3.63) is 70.7 Å². The van der Waals surface area contributed by atoms with Gasteiger partial charge in [-0.15, -0.1) is 10.2 Å². The molecule has 0 saturated heterocycles. The van der Waals surface area contributed by atoms with Crippen LogP contribution in [0.4, 0.5) is 4.39 Å². The van der Waals surface area contributed by atoms with Crippen LogP contribution in [0.5, 0.6) is 11.5 Å². The first kappa shape index (κ1) is 15.3. The van der Waals surface area contributed by atoms with Gasteiger partial charge in [-0.3, -0.25) is 0 Å². The van der Waals surface area contributed by atoms with Gasteiger partial charge in [-0.1, -0.05) is 35.6 Å². The van der Waals surface area contributed by atoms with E-state index in [9.17, 15) is 4.39 Å². The molecule has 4 aromatic rings. The highest BCUT2D eigenvalue weighted by atomic mass is 32.1. The Morgan fingerprint density at radius 3 is 2.73 bits per heavy atom. The largest absolute Gasteiger partial charge is 0.485 e. The van der Waals surface area contributed by atoms with Gasteiger partial charge in [0.1, 0.15) is 12.4 Å². The molecule has 0 fully saturated rings. The van der Waals surface area contributed by atoms with Gasteiger partial charge in [0.2, 0.25) is 4.96 Å². The normalized spacial score (nSPS) is 16.1. The third-order valence-electron chi connectivity index (χ3n) is 4.13. The first-order chi connectivity index (χ1) is 12.8. The Labute approximate surface area is 151 Å². The minimum Gasteiger partial charge on any atom is -0.485 e. The summed E-state index contributed by atoms with van der Waals surface area (Å²) in [5.41, 5.74) is 0.946. The van der Waals surface area contributed by atoms with Crippen LogP contribution in [0.3, 0.4) is 0 Å². The SMILES string of the molecule is Fc1ccc(Cc2nnc3sc(C4COc5ccccc5O4)nn23)cc1. The summed E-state index contributed by atoms with van der Waals surface area (Å²) >= 11 is 1.43. The lowest BCUT2D eigenvalue weighted by Crippen LogP contribution is -2.21. The summed E-state index contributed by atoms with van der Waals surface area (Å²) in [6.07, 6.45) is 0.241. The number of fused-ring (bicyclic) bond motifs is 2. The molecule has 1 aliphatic rings. The number of para-hydroxylation sites is 2. The van der Waals surface area contributed by atoms with E-state index in [0.717, 1.165) is 16.3 Å². The molecule has 0 saturated carbocycles. The van der Waals surface area contributed by atoms with Gasteiger partial charge in [-0.05, 0) is 29.8 Å². The van der Waals surface area contributed by atoms with E-state index in [-0.39, 0.29) is 11.9 Å². The molecule has 5 rings (SSSR count). The molecule has 0 aliphatic carbocycles. The average Bonchev–Trinajstić information content (AvgIpc) is 3.25. The van der Waals surface area contributed by atoms with Gasteiger partial charge >= 0.3 is 0 Å². The molecule has 2 aromatic heterocycles. The molecule has 0 bridgehead atoms. The number of halogens is 1. The van der Waals surface area contributed by atoms with E-state index in [1.165, 1.54) is 23.5 Å². The molecule has 0 N–H and O–H groups in total. The van der Waals surface area contributed by atoms with Crippen LogP contribution in [0, 0.1) is 5.82 Å². The number of hydrogen-bond donors (Lipinski definition) is 0. The van der Waals surface area contributed by atoms with Gasteiger partial charge < -0.3 is 9.47 Å². The van der Waals surface area contributed by atoms with Crippen molar-refractivity contribution in [2.24, 2.45) is 0 Å². The highest BCUT2D eigenvalue weighted by molar-refractivity contribution is 7.16. The van der Waals surface area contributed by atoms with Gasteiger partial charge in [0, 0.05) is 6.42 Å². The number of hydrogen-bond acceptors (Lipinski definition) is 6. The summed E-state index contributed by atoms with van der Waals surface area (Å²) < 4.78 is 26.5. The van der Waals surface area contributed by atoms with E-state index < -0.39 is 0 Å². The first-order valence-corrected chi connectivity index (χ1v) is 8.92. The Morgan fingerprint density at radius 2 is 1.88 bits per heavy atom. The van der Waals surface area contributed by atoms with Gasteiger partial charge in [0.25, 0.3) is 0 Å². The standard InChI is InChI=1S/C18H13FN4O2S/c19-12-7-5-11(6-8-12)9-16-20-21-18-23(16)22-17(26-18)15-10-24-13-3-1-2-4-14(13)25-15/h1-8,15H,9-10H2. The minimum atomic E-state index is -0.282. The van der Waals surface area contributed by atoms with Crippen LogP contribution in [0.1, 0.15) is 22.5 Å². The van der Waals surface area contributed by atoms with Crippen LogP contribution in [-0.2, 0) is 6.42 Å². The Morgan fingerprint density at radius 1 is 1.08 bits per heavy atom. The van der Waals surface area contributed by atoms with Crippen molar-refractivity contribution in [1.82, 2.24) is 19.8 Å². The highest BCUT2D eigenvalue weighted by Gasteiger charge is 2.26. The molecule has 1 atom stereocenters. The maximum Gasteiger partial charge on any atom is 0.234 e. The molecule has 26 heavy (non-hydrogen) atoms. The Bertz CT molecular complexity index is 1080. The van der Waals surface area contributed by atoms with Crippen LogP contribution < -0.4 is 9.47 Å². The zero-order valence-corrected chi connectivity index (χ0v) is 14.3. The summed E-state index contributed by atoms with van der Waals surface area (Å²) in [7, 11) is 0. The number of ether oxygens (including phenoxy) is 2. The van der Waals surface area contributed by atoms with Gasteiger partial charge in [0.05, 0.1) is 0 Å². The number of aromatic nitrogens is 4. The zero-order valence-electron chi connectivity index (χ0n) is 13.5. The van der Waals surface area contributed by atoms with Crippen LogP contribution in [0.25, 0.3) is 4.96 Å². The van der Waals surface area contributed by atoms with Crippen LogP contribution >= 0.6 is 11.3 Å². The fraction of sp³-hybridized carbons (Fsp3) is 0.167. The maximum atomic E-state index is 13.1. The predicted octanol–water partition coefficient (Wildman–Crippen LogP) is 3.43. The second-order valence-electron chi connectivity index (χ2n) is 5.92. The Kier molecular flexibility index (Phi) is 3.56. The molecule has 0 radical (unpaired) electrons. The minimum absolute atomic E-state index is 0.259. The molecule has 2 aromatic carbocycles. The van der Waals surface area contributed by atoms with Gasteiger partial charge in [-0.2, -0.15) is 9.61 Å². The molecule has 1 unspecified atom stereocenters. The second-order valence-corrected chi connectivity index (χ2v) is 6.91. The lowest BCUT2D eigenvalue weighted by atomic mass is 10.1. The van der Waals surface area contributed by atoms with Crippen LogP contribution in [-0.4, -0.2) is 26.4 Å². The van der Waals surface area contributed by atoms with Crippen molar-refractivity contribution in [2.45, 2.75) is 12.5 Å². The summed E-state index contributed by atoms with van der Waals surface area (Å²) in [6.45, 7) is 0.397. The van der Waals surface area contributed by atoms with Crippen LogP contribution in [0.15, 0.2) is 48.5 Å². The van der Waals surface area contributed by atoms with E-state index in [2.05, 4.69) is 15.3 Å². The van der Waals surface area contributed by atoms with Crippen molar-refractivity contribution in [3.8, 4) is 11.5 Å². The lowest BCUT2D eigenvalue weighted by Gasteiger charge is -2.24. The third kappa shape index (κ3) is 2.68. The van der Waals surface area contributed by atoms with Crippen molar-refractivity contribution in [2.75, 3.05) is 6.61 Å². The first-order valence-electron chi connectivity index (χ1n) is 8.10. The summed E-state index contributed by atoms with van der Waals surface area (Å²) in [5.74, 6) is 1.89. The number of rotatable bonds is 3. The Hall–Kier alpha value is -3.00. The fourth-order valence-electron chi connectivity index (χ4n) is 2.84. The molecular formula is C18H13FN4O2S. The lowest BCUT2D eigenvalue weighted by molar-refractivity contribution is 0.0904. The van der Waals surface area contributed by atoms with E-state index in [1.807, 2.05) is 24.3 Å². The summed E-state index contributed by atoms with van der Waals surface area (Å²) in [6, 6.07) is 13.9. The number of nitrogens with zero attached hydrogens (tertiary/aromatic N) is 4. The van der Waals surface area contributed by atoms with Gasteiger partial charge in [-0.25, -0.2) is 4.39 Å². The topological polar surface area (TPSA) is 61.5 Å². The highest BCUT2D eigenvalue weighted by Crippen LogP contribution is 2.36. The molecule has 6 nitrogen and oxygen atoms in total. The van der Waals surface area contributed by atoms with Crippen molar-refractivity contribution in [3.63, 3.8) is 0 Å². The van der Waals surface area contributed by atoms with Crippen molar-refractivity contribution < 1.29 is 13.9 Å². The quantitative estimate of drug-likeness (QED) is 0.554. The van der Waals surface area contributed by atoms with Crippen molar-refractivity contribution >= 4 is 16.3 Å². The van der Waals surface area contributed by atoms with Gasteiger partial charge in [0.15, 0.2) is 28.4 Å². The zero-order chi connectivity index (χ0) is 17.5. The second kappa shape index (κ2) is 6.06. The molecular weight excluding hydrogens is 355 g/mol. The maximum absolute atomic E-state index is 13.1. The summed E-state index contributed by atoms with van der Waals surface area (Å²) in [4.78, 5) is 0.694. The molecule has 130 valence electrons. The third-order valence-corrected chi connectivity index (χ3v) is 5.12. The monoisotopic (exact) mass is 368 g/mol. The fourth-order valence-corrected chi connectivity index (χ4v) is 3.71. The molecule has 0 amide bonds. The molecule has 8 heteroatoms. The Balaban J connectivity index is 1.42. The molecule has 1 aliphatic heterocycles. The average molecular weight is 368 g/mol. The summed E-state index contributed by atoms with van der Waals surface area (Å²) in [5, 5.41) is 13.8. The smallest absolute Gasteiger partial charge is 0.234 e. The van der Waals surface area contributed by atoms with E-state index in [4.69, 9.17) is 9.47 Å². The van der Waals surface area contributed by atoms with E-state index >= 15 is 0 Å². The van der Waals surface area contributed by atoms with Crippen molar-refractivity contribution in [1.29, 1.82) is 0 Å². The van der Waals surface area contributed by atoms with E-state index in [1.54, 1.807) is 16.6 Å². The molecule has 0 spiro atoms. The predicted molar refractivity (Wildman–Crippen MR) is 93.2 cm³/mol.